The lowest BCUT2D eigenvalue weighted by Crippen LogP contribution is -2.25. The highest BCUT2D eigenvalue weighted by Crippen LogP contribution is 2.42. The Hall–Kier alpha value is -1.09. The molecule has 106 valence electrons. The van der Waals surface area contributed by atoms with Gasteiger partial charge in [0.15, 0.2) is 0 Å². The molecular weight excluding hydrogens is 241 g/mol. The van der Waals surface area contributed by atoms with Crippen molar-refractivity contribution < 1.29 is 9.13 Å². The van der Waals surface area contributed by atoms with E-state index >= 15 is 0 Å². The van der Waals surface area contributed by atoms with E-state index in [2.05, 4.69) is 12.2 Å². The highest BCUT2D eigenvalue weighted by atomic mass is 19.1. The molecule has 0 aliphatic heterocycles. The van der Waals surface area contributed by atoms with Crippen LogP contribution in [-0.4, -0.2) is 20.2 Å². The van der Waals surface area contributed by atoms with Crippen LogP contribution in [-0.2, 0) is 0 Å². The second kappa shape index (κ2) is 6.90. The smallest absolute Gasteiger partial charge is 0.123 e. The quantitative estimate of drug-likeness (QED) is 0.792. The van der Waals surface area contributed by atoms with Crippen LogP contribution in [0.1, 0.15) is 44.1 Å². The zero-order valence-electron chi connectivity index (χ0n) is 11.9. The summed E-state index contributed by atoms with van der Waals surface area (Å²) in [7, 11) is 1.66. The lowest BCUT2D eigenvalue weighted by atomic mass is 9.88. The summed E-state index contributed by atoms with van der Waals surface area (Å²) in [6.45, 7) is 4.26. The summed E-state index contributed by atoms with van der Waals surface area (Å²) >= 11 is 0. The van der Waals surface area contributed by atoms with Crippen LogP contribution in [0.5, 0.6) is 5.75 Å². The van der Waals surface area contributed by atoms with Crippen molar-refractivity contribution in [2.24, 2.45) is 5.92 Å². The molecule has 1 aliphatic carbocycles. The van der Waals surface area contributed by atoms with E-state index in [1.54, 1.807) is 19.2 Å². The molecule has 0 amide bonds. The Labute approximate surface area is 115 Å². The molecule has 0 aromatic heterocycles. The molecule has 0 radical (unpaired) electrons. The van der Waals surface area contributed by atoms with E-state index in [0.717, 1.165) is 37.2 Å². The number of rotatable bonds is 6. The molecule has 1 N–H and O–H groups in total. The van der Waals surface area contributed by atoms with E-state index in [1.807, 2.05) is 0 Å². The van der Waals surface area contributed by atoms with Gasteiger partial charge in [-0.25, -0.2) is 4.39 Å². The molecule has 19 heavy (non-hydrogen) atoms. The van der Waals surface area contributed by atoms with Crippen molar-refractivity contribution in [2.45, 2.75) is 38.5 Å². The van der Waals surface area contributed by atoms with Gasteiger partial charge in [-0.15, -0.1) is 0 Å². The molecule has 2 rings (SSSR count). The Bertz CT molecular complexity index is 408. The van der Waals surface area contributed by atoms with Gasteiger partial charge in [0.05, 0.1) is 7.11 Å². The summed E-state index contributed by atoms with van der Waals surface area (Å²) in [5, 5.41) is 3.49. The van der Waals surface area contributed by atoms with Gasteiger partial charge in [0, 0.05) is 5.56 Å². The first-order chi connectivity index (χ1) is 9.26. The molecule has 1 aliphatic rings. The van der Waals surface area contributed by atoms with E-state index in [4.69, 9.17) is 4.74 Å². The van der Waals surface area contributed by atoms with Crippen LogP contribution in [0.15, 0.2) is 18.2 Å². The Balaban J connectivity index is 2.12. The first-order valence-electron chi connectivity index (χ1n) is 7.30. The highest BCUT2D eigenvalue weighted by molar-refractivity contribution is 5.37. The number of hydrogen-bond acceptors (Lipinski definition) is 2. The molecule has 0 saturated heterocycles. The van der Waals surface area contributed by atoms with E-state index in [-0.39, 0.29) is 5.82 Å². The van der Waals surface area contributed by atoms with Gasteiger partial charge in [0.25, 0.3) is 0 Å². The van der Waals surface area contributed by atoms with Crippen molar-refractivity contribution in [1.82, 2.24) is 5.32 Å². The van der Waals surface area contributed by atoms with Crippen LogP contribution >= 0.6 is 0 Å². The zero-order chi connectivity index (χ0) is 13.7. The fourth-order valence-electron chi connectivity index (χ4n) is 3.15. The number of ether oxygens (including phenoxy) is 1. The highest BCUT2D eigenvalue weighted by Gasteiger charge is 2.30. The second-order valence-corrected chi connectivity index (χ2v) is 5.39. The molecule has 0 bridgehead atoms. The molecule has 2 unspecified atom stereocenters. The van der Waals surface area contributed by atoms with Crippen LogP contribution in [0.2, 0.25) is 0 Å². The normalized spacial score (nSPS) is 22.7. The Kier molecular flexibility index (Phi) is 5.20. The average molecular weight is 265 g/mol. The number of nitrogens with one attached hydrogen (secondary N) is 1. The predicted molar refractivity (Wildman–Crippen MR) is 76.2 cm³/mol. The van der Waals surface area contributed by atoms with E-state index in [1.165, 1.54) is 18.9 Å². The first-order valence-corrected chi connectivity index (χ1v) is 7.30. The van der Waals surface area contributed by atoms with E-state index in [9.17, 15) is 4.39 Å². The first kappa shape index (κ1) is 14.3. The van der Waals surface area contributed by atoms with Crippen molar-refractivity contribution in [3.05, 3.63) is 29.6 Å². The summed E-state index contributed by atoms with van der Waals surface area (Å²) < 4.78 is 18.9. The molecule has 2 nitrogen and oxygen atoms in total. The summed E-state index contributed by atoms with van der Waals surface area (Å²) in [4.78, 5) is 0. The summed E-state index contributed by atoms with van der Waals surface area (Å²) in [6.07, 6.45) is 4.74. The van der Waals surface area contributed by atoms with Crippen LogP contribution in [0.25, 0.3) is 0 Å². The van der Waals surface area contributed by atoms with Crippen LogP contribution < -0.4 is 10.1 Å². The van der Waals surface area contributed by atoms with Gasteiger partial charge in [-0.2, -0.15) is 0 Å². The van der Waals surface area contributed by atoms with Gasteiger partial charge >= 0.3 is 0 Å². The minimum Gasteiger partial charge on any atom is -0.496 e. The zero-order valence-corrected chi connectivity index (χ0v) is 11.9. The molecule has 0 heterocycles. The SMILES string of the molecule is CCCNCC1CCCC1c1cc(F)ccc1OC. The number of methoxy groups -OCH3 is 1. The van der Waals surface area contributed by atoms with Gasteiger partial charge in [0.2, 0.25) is 0 Å². The molecular formula is C16H24FNO. The van der Waals surface area contributed by atoms with Gasteiger partial charge < -0.3 is 10.1 Å². The molecule has 2 atom stereocenters. The Morgan fingerprint density at radius 3 is 2.95 bits per heavy atom. The molecule has 3 heteroatoms. The summed E-state index contributed by atoms with van der Waals surface area (Å²) in [5.74, 6) is 1.69. The minimum absolute atomic E-state index is 0.164. The van der Waals surface area contributed by atoms with Gasteiger partial charge in [-0.3, -0.25) is 0 Å². The van der Waals surface area contributed by atoms with Crippen molar-refractivity contribution in [2.75, 3.05) is 20.2 Å². The van der Waals surface area contributed by atoms with E-state index < -0.39 is 0 Å². The van der Waals surface area contributed by atoms with Crippen molar-refractivity contribution in [3.8, 4) is 5.75 Å². The van der Waals surface area contributed by atoms with Gasteiger partial charge in [0.1, 0.15) is 11.6 Å². The average Bonchev–Trinajstić information content (AvgIpc) is 2.87. The van der Waals surface area contributed by atoms with Crippen molar-refractivity contribution >= 4 is 0 Å². The number of halogens is 1. The molecule has 1 aromatic carbocycles. The fourth-order valence-corrected chi connectivity index (χ4v) is 3.15. The summed E-state index contributed by atoms with van der Waals surface area (Å²) in [6, 6.07) is 4.88. The van der Waals surface area contributed by atoms with Crippen LogP contribution in [0, 0.1) is 11.7 Å². The van der Waals surface area contributed by atoms with E-state index in [0.29, 0.717) is 11.8 Å². The molecule has 1 fully saturated rings. The van der Waals surface area contributed by atoms with Crippen LogP contribution in [0.3, 0.4) is 0 Å². The molecule has 1 aromatic rings. The van der Waals surface area contributed by atoms with Gasteiger partial charge in [-0.1, -0.05) is 13.3 Å². The maximum absolute atomic E-state index is 13.5. The van der Waals surface area contributed by atoms with Crippen molar-refractivity contribution in [1.29, 1.82) is 0 Å². The third kappa shape index (κ3) is 3.47. The third-order valence-corrected chi connectivity index (χ3v) is 4.08. The third-order valence-electron chi connectivity index (χ3n) is 4.08. The maximum atomic E-state index is 13.5. The largest absolute Gasteiger partial charge is 0.496 e. The number of benzene rings is 1. The second-order valence-electron chi connectivity index (χ2n) is 5.39. The monoisotopic (exact) mass is 265 g/mol. The Morgan fingerprint density at radius 1 is 1.37 bits per heavy atom. The topological polar surface area (TPSA) is 21.3 Å². The summed E-state index contributed by atoms with van der Waals surface area (Å²) in [5.41, 5.74) is 1.04. The van der Waals surface area contributed by atoms with Crippen LogP contribution in [0.4, 0.5) is 4.39 Å². The molecule has 1 saturated carbocycles. The lowest BCUT2D eigenvalue weighted by Gasteiger charge is -2.22. The lowest BCUT2D eigenvalue weighted by molar-refractivity contribution is 0.387. The van der Waals surface area contributed by atoms with Gasteiger partial charge in [-0.05, 0) is 62.4 Å². The predicted octanol–water partition coefficient (Wildman–Crippen LogP) is 3.72. The standard InChI is InChI=1S/C16H24FNO/c1-3-9-18-11-12-5-4-6-14(12)15-10-13(17)7-8-16(15)19-2/h7-8,10,12,14,18H,3-6,9,11H2,1-2H3. The van der Waals surface area contributed by atoms with Crippen molar-refractivity contribution in [3.63, 3.8) is 0 Å². The molecule has 0 spiro atoms. The minimum atomic E-state index is -0.164. The Morgan fingerprint density at radius 2 is 2.21 bits per heavy atom. The maximum Gasteiger partial charge on any atom is 0.123 e. The fraction of sp³-hybridized carbons (Fsp3) is 0.625. The number of hydrogen-bond donors (Lipinski definition) is 1.